The molecule has 3 fully saturated rings. The molecule has 4 aromatic carbocycles. The van der Waals surface area contributed by atoms with Crippen molar-refractivity contribution in [3.05, 3.63) is 161 Å². The highest BCUT2D eigenvalue weighted by atomic mass is 16.6. The van der Waals surface area contributed by atoms with Gasteiger partial charge in [0.25, 0.3) is 0 Å². The van der Waals surface area contributed by atoms with Crippen molar-refractivity contribution in [3.63, 3.8) is 0 Å². The molecule has 1 aliphatic carbocycles. The van der Waals surface area contributed by atoms with Crippen molar-refractivity contribution >= 4 is 29.6 Å². The molecule has 4 heterocycles. The monoisotopic (exact) mass is 932 g/mol. The fourth-order valence-corrected chi connectivity index (χ4v) is 10.7. The topological polar surface area (TPSA) is 177 Å². The summed E-state index contributed by atoms with van der Waals surface area (Å²) in [6.07, 6.45) is 4.79. The molecular formula is C55H56N4O10. The van der Waals surface area contributed by atoms with Crippen LogP contribution < -0.4 is 15.0 Å². The van der Waals surface area contributed by atoms with Crippen molar-refractivity contribution in [2.24, 2.45) is 5.92 Å². The average molecular weight is 933 g/mol. The second-order valence-corrected chi connectivity index (χ2v) is 17.9. The quantitative estimate of drug-likeness (QED) is 0.0494. The third-order valence-corrected chi connectivity index (χ3v) is 13.8. The molecule has 4 aliphatic rings. The number of carbonyl (C=O) groups excluding carboxylic acids is 4. The van der Waals surface area contributed by atoms with Gasteiger partial charge in [0.15, 0.2) is 0 Å². The van der Waals surface area contributed by atoms with Crippen LogP contribution in [0.2, 0.25) is 0 Å². The first-order chi connectivity index (χ1) is 33.7. The molecule has 2 saturated heterocycles. The number of esters is 1. The minimum Gasteiger partial charge on any atom is -0.491 e. The van der Waals surface area contributed by atoms with Crippen LogP contribution in [0.25, 0.3) is 0 Å². The minimum absolute atomic E-state index is 0.0350. The number of morpholine rings is 1. The molecule has 0 unspecified atom stereocenters. The Labute approximate surface area is 401 Å². The van der Waals surface area contributed by atoms with Crippen molar-refractivity contribution < 1.29 is 48.3 Å². The molecule has 356 valence electrons. The first-order valence-corrected chi connectivity index (χ1v) is 23.7. The van der Waals surface area contributed by atoms with Crippen LogP contribution in [0.1, 0.15) is 90.2 Å². The number of ether oxygens (including phenoxy) is 4. The third-order valence-electron chi connectivity index (χ3n) is 13.8. The first kappa shape index (κ1) is 47.2. The maximum Gasteiger partial charge on any atom is 0.421 e. The number of imide groups is 1. The van der Waals surface area contributed by atoms with Crippen molar-refractivity contribution in [1.29, 1.82) is 0 Å². The van der Waals surface area contributed by atoms with Crippen LogP contribution >= 0.6 is 0 Å². The lowest BCUT2D eigenvalue weighted by atomic mass is 9.65. The van der Waals surface area contributed by atoms with Gasteiger partial charge in [-0.3, -0.25) is 24.3 Å². The Balaban J connectivity index is 1.31. The lowest BCUT2D eigenvalue weighted by Gasteiger charge is -2.46. The van der Waals surface area contributed by atoms with E-state index in [1.54, 1.807) is 54.7 Å². The number of aliphatic hydroxyl groups excluding tert-OH is 1. The average Bonchev–Trinajstić information content (AvgIpc) is 3.71. The summed E-state index contributed by atoms with van der Waals surface area (Å²) in [5.74, 6) is 3.16. The summed E-state index contributed by atoms with van der Waals surface area (Å²) in [6, 6.07) is 33.1. The largest absolute Gasteiger partial charge is 0.491 e. The summed E-state index contributed by atoms with van der Waals surface area (Å²) in [6.45, 7) is -0.192. The normalized spacial score (nSPS) is 23.8. The number of nitrogens with zero attached hydrogens (tertiary/aromatic N) is 3. The smallest absolute Gasteiger partial charge is 0.421 e. The number of benzene rings is 4. The summed E-state index contributed by atoms with van der Waals surface area (Å²) in [5.41, 5.74) is 0.284. The summed E-state index contributed by atoms with van der Waals surface area (Å²) < 4.78 is 23.3. The predicted octanol–water partition coefficient (Wildman–Crippen LogP) is 6.70. The number of rotatable bonds is 13. The highest BCUT2D eigenvalue weighted by Gasteiger charge is 2.75. The zero-order valence-corrected chi connectivity index (χ0v) is 38.5. The lowest BCUT2D eigenvalue weighted by Crippen LogP contribution is -2.56. The molecular weight excluding hydrogens is 877 g/mol. The number of aromatic nitrogens is 1. The van der Waals surface area contributed by atoms with Gasteiger partial charge in [0, 0.05) is 37.5 Å². The Kier molecular flexibility index (Phi) is 14.2. The molecule has 5 aromatic rings. The maximum absolute atomic E-state index is 16.4. The van der Waals surface area contributed by atoms with Crippen molar-refractivity contribution in [2.45, 2.75) is 80.2 Å². The minimum atomic E-state index is -2.04. The Morgan fingerprint density at radius 3 is 2.22 bits per heavy atom. The summed E-state index contributed by atoms with van der Waals surface area (Å²) in [5, 5.41) is 24.4. The molecule has 6 atom stereocenters. The molecule has 3 amide bonds. The number of anilines is 1. The number of cyclic esters (lactones) is 1. The molecule has 1 spiro atoms. The van der Waals surface area contributed by atoms with Gasteiger partial charge in [-0.25, -0.2) is 9.69 Å². The molecule has 1 aromatic heterocycles. The van der Waals surface area contributed by atoms with Crippen LogP contribution in [-0.2, 0) is 40.4 Å². The van der Waals surface area contributed by atoms with Gasteiger partial charge in [0.1, 0.15) is 42.1 Å². The van der Waals surface area contributed by atoms with Gasteiger partial charge < -0.3 is 34.5 Å². The third kappa shape index (κ3) is 9.23. The van der Waals surface area contributed by atoms with Crippen LogP contribution in [0, 0.1) is 17.8 Å². The van der Waals surface area contributed by atoms with Crippen LogP contribution in [-0.4, -0.2) is 95.7 Å². The van der Waals surface area contributed by atoms with Crippen molar-refractivity contribution in [2.75, 3.05) is 45.0 Å². The van der Waals surface area contributed by atoms with Crippen LogP contribution in [0.15, 0.2) is 128 Å². The van der Waals surface area contributed by atoms with E-state index in [0.717, 1.165) is 41.8 Å². The van der Waals surface area contributed by atoms with E-state index in [0.29, 0.717) is 41.7 Å². The van der Waals surface area contributed by atoms with Gasteiger partial charge in [0.2, 0.25) is 11.8 Å². The number of carbonyl (C=O) groups is 4. The molecule has 14 heteroatoms. The standard InChI is InChI=1S/C55H56N4O10/c1-66-34-35-68-53(64)58-44-24-19-37(25-29-54(65)27-11-2-3-12-28-54)36-43(44)55(52(58)63)45(50(61)57-31-26-41-18-10-13-30-56-41)47-51(62)69-48(39-16-8-5-9-17-39)46(38-14-6-4-7-15-38)59(47)49(55)40-20-22-42(23-21-40)67-33-32-60/h4-10,13-24,30,36,45-49,60,65H,2-3,11-12,26-28,31-35H2,1H3,(H,57,61)/t45-,46-,47-,48+,49+,55-/m1/s1. The molecule has 0 radical (unpaired) electrons. The Bertz CT molecular complexity index is 2690. The first-order valence-electron chi connectivity index (χ1n) is 23.7. The Morgan fingerprint density at radius 2 is 1.54 bits per heavy atom. The van der Waals surface area contributed by atoms with Gasteiger partial charge in [-0.15, -0.1) is 0 Å². The highest BCUT2D eigenvalue weighted by Crippen LogP contribution is 2.66. The second kappa shape index (κ2) is 20.8. The summed E-state index contributed by atoms with van der Waals surface area (Å²) >= 11 is 0. The van der Waals surface area contributed by atoms with E-state index in [9.17, 15) is 15.0 Å². The Hall–Kier alpha value is -6.89. The Morgan fingerprint density at radius 1 is 0.826 bits per heavy atom. The van der Waals surface area contributed by atoms with E-state index in [1.807, 2.05) is 77.7 Å². The van der Waals surface area contributed by atoms with Gasteiger partial charge in [-0.1, -0.05) is 104 Å². The van der Waals surface area contributed by atoms with E-state index in [4.69, 9.17) is 18.9 Å². The SMILES string of the molecule is COCCOC(=O)N1C(=O)[C@@]2(c3cc(C#CC4(O)CCCCCC4)ccc31)[C@H](c1ccc(OCCO)cc1)N1[C@H](c3ccccc3)[C@H](c3ccccc3)OC(=O)[C@H]1[C@@H]2C(=O)NCCc1ccccn1. The molecule has 9 rings (SSSR count). The van der Waals surface area contributed by atoms with Gasteiger partial charge >= 0.3 is 12.1 Å². The fraction of sp³-hybridized carbons (Fsp3) is 0.364. The molecule has 69 heavy (non-hydrogen) atoms. The zero-order chi connectivity index (χ0) is 48.0. The van der Waals surface area contributed by atoms with Crippen molar-refractivity contribution in [3.8, 4) is 17.6 Å². The van der Waals surface area contributed by atoms with E-state index in [2.05, 4.69) is 22.1 Å². The van der Waals surface area contributed by atoms with Crippen LogP contribution in [0.4, 0.5) is 10.5 Å². The number of pyridine rings is 1. The molecule has 3 N–H and O–H groups in total. The molecule has 1 saturated carbocycles. The fourth-order valence-electron chi connectivity index (χ4n) is 10.7. The summed E-state index contributed by atoms with van der Waals surface area (Å²) in [7, 11) is 1.47. The number of fused-ring (bicyclic) bond motifs is 3. The van der Waals surface area contributed by atoms with Crippen LogP contribution in [0.5, 0.6) is 5.75 Å². The lowest BCUT2D eigenvalue weighted by molar-refractivity contribution is -0.178. The highest BCUT2D eigenvalue weighted by molar-refractivity contribution is 6.23. The molecule has 0 bridgehead atoms. The van der Waals surface area contributed by atoms with E-state index < -0.39 is 65.0 Å². The van der Waals surface area contributed by atoms with Gasteiger partial charge in [-0.05, 0) is 90.4 Å². The van der Waals surface area contributed by atoms with Gasteiger partial charge in [-0.2, -0.15) is 0 Å². The number of methoxy groups -OCH3 is 1. The van der Waals surface area contributed by atoms with E-state index >= 15 is 14.4 Å². The molecule has 3 aliphatic heterocycles. The predicted molar refractivity (Wildman–Crippen MR) is 255 cm³/mol. The number of amides is 3. The maximum atomic E-state index is 16.4. The number of nitrogens with one attached hydrogen (secondary N) is 1. The number of hydrogen-bond acceptors (Lipinski definition) is 12. The summed E-state index contributed by atoms with van der Waals surface area (Å²) in [4.78, 5) is 69.4. The molecule has 14 nitrogen and oxygen atoms in total. The second-order valence-electron chi connectivity index (χ2n) is 17.9. The number of hydrogen-bond donors (Lipinski definition) is 3. The zero-order valence-electron chi connectivity index (χ0n) is 38.5. The van der Waals surface area contributed by atoms with Gasteiger partial charge in [0.05, 0.1) is 36.9 Å². The number of aliphatic hydroxyl groups is 2. The van der Waals surface area contributed by atoms with E-state index in [1.165, 1.54) is 7.11 Å². The van der Waals surface area contributed by atoms with E-state index in [-0.39, 0.29) is 44.2 Å². The van der Waals surface area contributed by atoms with Crippen molar-refractivity contribution in [1.82, 2.24) is 15.2 Å². The van der Waals surface area contributed by atoms with Crippen LogP contribution in [0.3, 0.4) is 0 Å².